The molecule has 0 aromatic heterocycles. The molecule has 0 radical (unpaired) electrons. The highest BCUT2D eigenvalue weighted by Crippen LogP contribution is 2.33. The summed E-state index contributed by atoms with van der Waals surface area (Å²) in [5, 5.41) is 5.41. The number of carbonyl (C=O) groups excluding carboxylic acids is 2. The Morgan fingerprint density at radius 3 is 2.75 bits per heavy atom. The normalized spacial score (nSPS) is 18.4. The first kappa shape index (κ1) is 17.1. The van der Waals surface area contributed by atoms with Crippen molar-refractivity contribution in [3.05, 3.63) is 24.3 Å². The third-order valence-electron chi connectivity index (χ3n) is 4.56. The summed E-state index contributed by atoms with van der Waals surface area (Å²) in [6.45, 7) is 1.05. The molecule has 0 saturated heterocycles. The van der Waals surface area contributed by atoms with Crippen molar-refractivity contribution in [2.45, 2.75) is 49.5 Å². The lowest BCUT2D eigenvalue weighted by atomic mass is 9.96. The van der Waals surface area contributed by atoms with E-state index in [1.807, 2.05) is 30.0 Å². The second kappa shape index (κ2) is 8.42. The van der Waals surface area contributed by atoms with Gasteiger partial charge >= 0.3 is 6.03 Å². The topological polar surface area (TPSA) is 61.4 Å². The van der Waals surface area contributed by atoms with Gasteiger partial charge in [-0.1, -0.05) is 31.4 Å². The summed E-state index contributed by atoms with van der Waals surface area (Å²) in [6.07, 6.45) is 6.60. The summed E-state index contributed by atoms with van der Waals surface area (Å²) in [7, 11) is 0. The highest BCUT2D eigenvalue weighted by atomic mass is 32.2. The molecule has 1 heterocycles. The number of anilines is 1. The molecule has 2 aliphatic rings. The molecule has 24 heavy (non-hydrogen) atoms. The zero-order valence-corrected chi connectivity index (χ0v) is 14.7. The van der Waals surface area contributed by atoms with Crippen LogP contribution in [0.25, 0.3) is 0 Å². The van der Waals surface area contributed by atoms with E-state index in [0.717, 1.165) is 50.1 Å². The van der Waals surface area contributed by atoms with E-state index in [4.69, 9.17) is 0 Å². The van der Waals surface area contributed by atoms with E-state index in [2.05, 4.69) is 21.6 Å². The van der Waals surface area contributed by atoms with Crippen molar-refractivity contribution in [1.82, 2.24) is 10.6 Å². The maximum Gasteiger partial charge on any atom is 0.321 e. The maximum absolute atomic E-state index is 12.3. The van der Waals surface area contributed by atoms with Crippen molar-refractivity contribution < 1.29 is 9.59 Å². The molecule has 6 heteroatoms. The van der Waals surface area contributed by atoms with Gasteiger partial charge in [-0.3, -0.25) is 10.1 Å². The van der Waals surface area contributed by atoms with Gasteiger partial charge in [0.25, 0.3) is 0 Å². The first-order chi connectivity index (χ1) is 11.7. The molecule has 0 bridgehead atoms. The number of hydrogen-bond donors (Lipinski definition) is 2. The lowest BCUT2D eigenvalue weighted by Crippen LogP contribution is -2.48. The Morgan fingerprint density at radius 2 is 1.92 bits per heavy atom. The van der Waals surface area contributed by atoms with Gasteiger partial charge in [0.2, 0.25) is 5.91 Å². The highest BCUT2D eigenvalue weighted by Gasteiger charge is 2.20. The second-order valence-electron chi connectivity index (χ2n) is 6.45. The minimum Gasteiger partial charge on any atom is -0.361 e. The third-order valence-corrected chi connectivity index (χ3v) is 5.71. The Balaban J connectivity index is 1.53. The molecule has 0 spiro atoms. The van der Waals surface area contributed by atoms with Crippen LogP contribution < -0.4 is 15.5 Å². The minimum absolute atomic E-state index is 0.210. The zero-order valence-electron chi connectivity index (χ0n) is 13.9. The van der Waals surface area contributed by atoms with E-state index in [0.29, 0.717) is 0 Å². The van der Waals surface area contributed by atoms with Crippen molar-refractivity contribution in [2.75, 3.05) is 23.7 Å². The van der Waals surface area contributed by atoms with Crippen LogP contribution in [0.3, 0.4) is 0 Å². The van der Waals surface area contributed by atoms with Gasteiger partial charge < -0.3 is 10.2 Å². The van der Waals surface area contributed by atoms with Crippen LogP contribution in [-0.4, -0.2) is 36.8 Å². The van der Waals surface area contributed by atoms with Crippen molar-refractivity contribution >= 4 is 29.4 Å². The number of carbonyl (C=O) groups is 2. The van der Waals surface area contributed by atoms with Crippen molar-refractivity contribution in [3.8, 4) is 0 Å². The van der Waals surface area contributed by atoms with E-state index < -0.39 is 0 Å². The summed E-state index contributed by atoms with van der Waals surface area (Å²) in [6, 6.07) is 8.00. The summed E-state index contributed by atoms with van der Waals surface area (Å²) in [4.78, 5) is 27.5. The highest BCUT2D eigenvalue weighted by molar-refractivity contribution is 7.99. The number of para-hydroxylation sites is 1. The number of hydrogen-bond acceptors (Lipinski definition) is 4. The predicted molar refractivity (Wildman–Crippen MR) is 97.5 cm³/mol. The van der Waals surface area contributed by atoms with E-state index in [1.165, 1.54) is 11.3 Å². The fourth-order valence-electron chi connectivity index (χ4n) is 3.37. The SMILES string of the molecule is O=C(CN1CCCSc2ccccc21)NC(=O)NC1CCCCC1. The average molecular weight is 347 g/mol. The van der Waals surface area contributed by atoms with Gasteiger partial charge in [0.15, 0.2) is 0 Å². The molecule has 3 amide bonds. The van der Waals surface area contributed by atoms with E-state index in [1.54, 1.807) is 0 Å². The summed E-state index contributed by atoms with van der Waals surface area (Å²) >= 11 is 1.82. The number of urea groups is 1. The Morgan fingerprint density at radius 1 is 1.12 bits per heavy atom. The largest absolute Gasteiger partial charge is 0.361 e. The van der Waals surface area contributed by atoms with Gasteiger partial charge in [0.1, 0.15) is 0 Å². The molecule has 0 atom stereocenters. The fraction of sp³-hybridized carbons (Fsp3) is 0.556. The molecule has 1 saturated carbocycles. The maximum atomic E-state index is 12.3. The second-order valence-corrected chi connectivity index (χ2v) is 7.58. The first-order valence-electron chi connectivity index (χ1n) is 8.79. The minimum atomic E-state index is -0.357. The number of nitrogens with zero attached hydrogens (tertiary/aromatic N) is 1. The Hall–Kier alpha value is -1.69. The van der Waals surface area contributed by atoms with Crippen LogP contribution >= 0.6 is 11.8 Å². The fourth-order valence-corrected chi connectivity index (χ4v) is 4.38. The standard InChI is InChI=1S/C18H25N3O2S/c22-17(20-18(23)19-14-7-2-1-3-8-14)13-21-11-6-12-24-16-10-5-4-9-15(16)21/h4-5,9-10,14H,1-3,6-8,11-13H2,(H2,19,20,22,23). The van der Waals surface area contributed by atoms with Gasteiger partial charge in [-0.15, -0.1) is 11.8 Å². The average Bonchev–Trinajstić information content (AvgIpc) is 2.78. The molecule has 1 aromatic carbocycles. The Bertz CT molecular complexity index is 587. The number of thioether (sulfide) groups is 1. The van der Waals surface area contributed by atoms with Gasteiger partial charge in [-0.05, 0) is 37.1 Å². The first-order valence-corrected chi connectivity index (χ1v) is 9.78. The van der Waals surface area contributed by atoms with Crippen LogP contribution in [0.1, 0.15) is 38.5 Å². The molecule has 0 unspecified atom stereocenters. The third kappa shape index (κ3) is 4.66. The predicted octanol–water partition coefficient (Wildman–Crippen LogP) is 3.15. The lowest BCUT2D eigenvalue weighted by Gasteiger charge is -2.25. The van der Waals surface area contributed by atoms with Crippen molar-refractivity contribution in [3.63, 3.8) is 0 Å². The summed E-state index contributed by atoms with van der Waals surface area (Å²) in [5.41, 5.74) is 1.09. The molecular weight excluding hydrogens is 322 g/mol. The van der Waals surface area contributed by atoms with Crippen LogP contribution in [0.4, 0.5) is 10.5 Å². The number of rotatable bonds is 3. The van der Waals surface area contributed by atoms with E-state index in [9.17, 15) is 9.59 Å². The summed E-state index contributed by atoms with van der Waals surface area (Å²) < 4.78 is 0. The van der Waals surface area contributed by atoms with Gasteiger partial charge in [0, 0.05) is 17.5 Å². The van der Waals surface area contributed by atoms with Crippen LogP contribution in [-0.2, 0) is 4.79 Å². The number of imide groups is 1. The van der Waals surface area contributed by atoms with E-state index >= 15 is 0 Å². The van der Waals surface area contributed by atoms with Crippen LogP contribution in [0.15, 0.2) is 29.2 Å². The smallest absolute Gasteiger partial charge is 0.321 e. The monoisotopic (exact) mass is 347 g/mol. The van der Waals surface area contributed by atoms with E-state index in [-0.39, 0.29) is 24.5 Å². The summed E-state index contributed by atoms with van der Waals surface area (Å²) in [5.74, 6) is 0.808. The molecular formula is C18H25N3O2S. The molecule has 1 aromatic rings. The number of fused-ring (bicyclic) bond motifs is 1. The van der Waals surface area contributed by atoms with Crippen molar-refractivity contribution in [1.29, 1.82) is 0 Å². The lowest BCUT2D eigenvalue weighted by molar-refractivity contribution is -0.118. The van der Waals surface area contributed by atoms with Gasteiger partial charge in [-0.2, -0.15) is 0 Å². The number of amides is 3. The molecule has 1 aliphatic carbocycles. The number of benzene rings is 1. The zero-order chi connectivity index (χ0) is 16.8. The quantitative estimate of drug-likeness (QED) is 0.882. The van der Waals surface area contributed by atoms with Crippen LogP contribution in [0, 0.1) is 0 Å². The molecule has 1 aliphatic heterocycles. The Kier molecular flexibility index (Phi) is 6.01. The molecule has 1 fully saturated rings. The molecule has 2 N–H and O–H groups in total. The number of nitrogens with one attached hydrogen (secondary N) is 2. The van der Waals surface area contributed by atoms with Crippen LogP contribution in [0.5, 0.6) is 0 Å². The molecule has 5 nitrogen and oxygen atoms in total. The van der Waals surface area contributed by atoms with Gasteiger partial charge in [0.05, 0.1) is 12.2 Å². The van der Waals surface area contributed by atoms with Gasteiger partial charge in [-0.25, -0.2) is 4.79 Å². The van der Waals surface area contributed by atoms with Crippen molar-refractivity contribution in [2.24, 2.45) is 0 Å². The Labute approximate surface area is 147 Å². The van der Waals surface area contributed by atoms with Crippen LogP contribution in [0.2, 0.25) is 0 Å². The molecule has 3 rings (SSSR count). The molecule has 130 valence electrons.